The van der Waals surface area contributed by atoms with Gasteiger partial charge in [-0.1, -0.05) is 23.9 Å². The highest BCUT2D eigenvalue weighted by Gasteiger charge is 2.20. The molecule has 2 rings (SSSR count). The van der Waals surface area contributed by atoms with E-state index in [4.69, 9.17) is 0 Å². The fraction of sp³-hybridized carbons (Fsp3) is 0.467. The standard InChI is InChI=1S/C15H20N2O2S2/c1-10(18)8-9-17(3)14(19)11(2)20-15-16-12-6-4-5-7-13(12)21-15/h4-7,10-11,18H,8-9H2,1-3H3. The van der Waals surface area contributed by atoms with Crippen LogP contribution in [0.2, 0.25) is 0 Å². The van der Waals surface area contributed by atoms with Crippen LogP contribution in [-0.2, 0) is 4.79 Å². The van der Waals surface area contributed by atoms with Gasteiger partial charge in [-0.2, -0.15) is 0 Å². The lowest BCUT2D eigenvalue weighted by Crippen LogP contribution is -2.35. The third-order valence-electron chi connectivity index (χ3n) is 3.16. The molecule has 2 aromatic rings. The lowest BCUT2D eigenvalue weighted by atomic mass is 10.2. The van der Waals surface area contributed by atoms with E-state index >= 15 is 0 Å². The summed E-state index contributed by atoms with van der Waals surface area (Å²) < 4.78 is 2.06. The molecule has 0 radical (unpaired) electrons. The summed E-state index contributed by atoms with van der Waals surface area (Å²) >= 11 is 3.11. The second-order valence-corrected chi connectivity index (χ2v) is 7.72. The molecule has 0 saturated carbocycles. The Kier molecular flexibility index (Phi) is 5.61. The molecule has 114 valence electrons. The third kappa shape index (κ3) is 4.43. The molecule has 0 saturated heterocycles. The second kappa shape index (κ2) is 7.24. The Labute approximate surface area is 133 Å². The lowest BCUT2D eigenvalue weighted by Gasteiger charge is -2.21. The molecule has 21 heavy (non-hydrogen) atoms. The number of benzene rings is 1. The number of nitrogens with zero attached hydrogens (tertiary/aromatic N) is 2. The minimum Gasteiger partial charge on any atom is -0.393 e. The number of fused-ring (bicyclic) bond motifs is 1. The van der Waals surface area contributed by atoms with E-state index in [0.717, 1.165) is 14.6 Å². The summed E-state index contributed by atoms with van der Waals surface area (Å²) in [5.41, 5.74) is 0.979. The van der Waals surface area contributed by atoms with Gasteiger partial charge in [0.25, 0.3) is 0 Å². The van der Waals surface area contributed by atoms with Gasteiger partial charge in [-0.25, -0.2) is 4.98 Å². The predicted molar refractivity (Wildman–Crippen MR) is 88.9 cm³/mol. The van der Waals surface area contributed by atoms with Gasteiger partial charge < -0.3 is 10.0 Å². The average Bonchev–Trinajstić information content (AvgIpc) is 2.85. The van der Waals surface area contributed by atoms with E-state index in [-0.39, 0.29) is 17.3 Å². The van der Waals surface area contributed by atoms with Crippen LogP contribution in [0.3, 0.4) is 0 Å². The van der Waals surface area contributed by atoms with Crippen LogP contribution in [-0.4, -0.2) is 45.8 Å². The maximum Gasteiger partial charge on any atom is 0.235 e. The average molecular weight is 324 g/mol. The van der Waals surface area contributed by atoms with Gasteiger partial charge in [-0.15, -0.1) is 11.3 Å². The number of para-hydroxylation sites is 1. The largest absolute Gasteiger partial charge is 0.393 e. The van der Waals surface area contributed by atoms with E-state index in [1.165, 1.54) is 11.8 Å². The van der Waals surface area contributed by atoms with Crippen LogP contribution < -0.4 is 0 Å². The van der Waals surface area contributed by atoms with Crippen molar-refractivity contribution in [1.29, 1.82) is 0 Å². The van der Waals surface area contributed by atoms with Gasteiger partial charge >= 0.3 is 0 Å². The minimum absolute atomic E-state index is 0.0694. The highest BCUT2D eigenvalue weighted by Crippen LogP contribution is 2.32. The highest BCUT2D eigenvalue weighted by molar-refractivity contribution is 8.02. The van der Waals surface area contributed by atoms with Crippen LogP contribution in [0.15, 0.2) is 28.6 Å². The van der Waals surface area contributed by atoms with Gasteiger partial charge in [0, 0.05) is 13.6 Å². The van der Waals surface area contributed by atoms with Crippen molar-refractivity contribution in [2.24, 2.45) is 0 Å². The van der Waals surface area contributed by atoms with Crippen LogP contribution in [0.5, 0.6) is 0 Å². The number of aliphatic hydroxyl groups excluding tert-OH is 1. The molecule has 1 N–H and O–H groups in total. The van der Waals surface area contributed by atoms with Crippen LogP contribution in [0.4, 0.5) is 0 Å². The molecule has 4 nitrogen and oxygen atoms in total. The number of aliphatic hydroxyl groups is 1. The van der Waals surface area contributed by atoms with Crippen molar-refractivity contribution in [3.8, 4) is 0 Å². The summed E-state index contributed by atoms with van der Waals surface area (Å²) in [5.74, 6) is 0.0694. The van der Waals surface area contributed by atoms with Crippen LogP contribution in [0, 0.1) is 0 Å². The van der Waals surface area contributed by atoms with Gasteiger partial charge in [-0.05, 0) is 32.4 Å². The number of aromatic nitrogens is 1. The van der Waals surface area contributed by atoms with Gasteiger partial charge in [-0.3, -0.25) is 4.79 Å². The normalized spacial score (nSPS) is 14.1. The molecule has 1 aromatic heterocycles. The summed E-state index contributed by atoms with van der Waals surface area (Å²) in [5, 5.41) is 9.11. The van der Waals surface area contributed by atoms with E-state index in [0.29, 0.717) is 13.0 Å². The zero-order valence-corrected chi connectivity index (χ0v) is 14.1. The van der Waals surface area contributed by atoms with Crippen molar-refractivity contribution in [3.63, 3.8) is 0 Å². The van der Waals surface area contributed by atoms with E-state index in [2.05, 4.69) is 4.98 Å². The van der Waals surface area contributed by atoms with Crippen molar-refractivity contribution in [2.75, 3.05) is 13.6 Å². The van der Waals surface area contributed by atoms with E-state index < -0.39 is 0 Å². The lowest BCUT2D eigenvalue weighted by molar-refractivity contribution is -0.129. The first-order chi connectivity index (χ1) is 9.97. The fourth-order valence-corrected chi connectivity index (χ4v) is 4.23. The summed E-state index contributed by atoms with van der Waals surface area (Å²) in [6, 6.07) is 7.98. The van der Waals surface area contributed by atoms with E-state index in [9.17, 15) is 9.90 Å². The number of thioether (sulfide) groups is 1. The molecule has 2 atom stereocenters. The monoisotopic (exact) mass is 324 g/mol. The first-order valence-corrected chi connectivity index (χ1v) is 8.62. The van der Waals surface area contributed by atoms with Crippen molar-refractivity contribution < 1.29 is 9.90 Å². The highest BCUT2D eigenvalue weighted by atomic mass is 32.2. The Hall–Kier alpha value is -1.11. The molecule has 2 unspecified atom stereocenters. The maximum absolute atomic E-state index is 12.3. The zero-order valence-electron chi connectivity index (χ0n) is 12.4. The zero-order chi connectivity index (χ0) is 15.4. The van der Waals surface area contributed by atoms with Crippen LogP contribution >= 0.6 is 23.1 Å². The summed E-state index contributed by atoms with van der Waals surface area (Å²) in [6.07, 6.45) is 0.216. The summed E-state index contributed by atoms with van der Waals surface area (Å²) in [7, 11) is 1.78. The molecular weight excluding hydrogens is 304 g/mol. The fourth-order valence-electron chi connectivity index (χ4n) is 1.90. The molecule has 1 amide bonds. The smallest absolute Gasteiger partial charge is 0.235 e. The predicted octanol–water partition coefficient (Wildman–Crippen LogP) is 3.01. The number of hydrogen-bond acceptors (Lipinski definition) is 5. The Bertz CT molecular complexity index is 579. The molecule has 0 spiro atoms. The molecule has 0 fully saturated rings. The molecular formula is C15H20N2O2S2. The molecule has 6 heteroatoms. The van der Waals surface area contributed by atoms with Gasteiger partial charge in [0.2, 0.25) is 5.91 Å². The molecule has 0 aliphatic carbocycles. The Morgan fingerprint density at radius 2 is 2.14 bits per heavy atom. The molecule has 1 aromatic carbocycles. The number of carbonyl (C=O) groups is 1. The van der Waals surface area contributed by atoms with Crippen molar-refractivity contribution in [3.05, 3.63) is 24.3 Å². The second-order valence-electron chi connectivity index (χ2n) is 5.11. The number of thiazole rings is 1. The number of hydrogen-bond donors (Lipinski definition) is 1. The van der Waals surface area contributed by atoms with Crippen molar-refractivity contribution in [1.82, 2.24) is 9.88 Å². The number of rotatable bonds is 6. The first-order valence-electron chi connectivity index (χ1n) is 6.92. The molecule has 0 bridgehead atoms. The minimum atomic E-state index is -0.382. The third-order valence-corrected chi connectivity index (χ3v) is 5.38. The SMILES string of the molecule is CC(O)CCN(C)C(=O)C(C)Sc1nc2ccccc2s1. The molecule has 0 aliphatic heterocycles. The summed E-state index contributed by atoms with van der Waals surface area (Å²) in [6.45, 7) is 4.21. The van der Waals surface area contributed by atoms with Gasteiger partial charge in [0.15, 0.2) is 4.34 Å². The van der Waals surface area contributed by atoms with Crippen LogP contribution in [0.25, 0.3) is 10.2 Å². The van der Waals surface area contributed by atoms with Gasteiger partial charge in [0.1, 0.15) is 0 Å². The number of carbonyl (C=O) groups excluding carboxylic acids is 1. The van der Waals surface area contributed by atoms with Crippen molar-refractivity contribution >= 4 is 39.2 Å². The van der Waals surface area contributed by atoms with Gasteiger partial charge in [0.05, 0.1) is 21.6 Å². The maximum atomic E-state index is 12.3. The van der Waals surface area contributed by atoms with Crippen molar-refractivity contribution in [2.45, 2.75) is 36.0 Å². The molecule has 0 aliphatic rings. The molecule has 1 heterocycles. The van der Waals surface area contributed by atoms with E-state index in [1.807, 2.05) is 31.2 Å². The quantitative estimate of drug-likeness (QED) is 0.830. The van der Waals surface area contributed by atoms with E-state index in [1.54, 1.807) is 30.2 Å². The Morgan fingerprint density at radius 3 is 2.81 bits per heavy atom. The Morgan fingerprint density at radius 1 is 1.43 bits per heavy atom. The topological polar surface area (TPSA) is 53.4 Å². The summed E-state index contributed by atoms with van der Waals surface area (Å²) in [4.78, 5) is 18.5. The Balaban J connectivity index is 1.96. The first kappa shape index (κ1) is 16.3. The van der Waals surface area contributed by atoms with Crippen LogP contribution in [0.1, 0.15) is 20.3 Å². The number of amides is 1.